The highest BCUT2D eigenvalue weighted by Crippen LogP contribution is 2.32. The molecule has 1 aliphatic carbocycles. The van der Waals surface area contributed by atoms with Crippen molar-refractivity contribution in [2.45, 2.75) is 77.6 Å². The van der Waals surface area contributed by atoms with Crippen LogP contribution in [0.2, 0.25) is 0 Å². The van der Waals surface area contributed by atoms with E-state index in [1.54, 1.807) is 0 Å². The van der Waals surface area contributed by atoms with Crippen LogP contribution in [0.4, 0.5) is 0 Å². The number of nitrogens with zero attached hydrogens (tertiary/aromatic N) is 1. The maximum atomic E-state index is 5.55. The van der Waals surface area contributed by atoms with Crippen molar-refractivity contribution >= 4 is 0 Å². The molecule has 3 nitrogen and oxygen atoms in total. The first-order valence-electron chi connectivity index (χ1n) is 7.97. The van der Waals surface area contributed by atoms with E-state index in [0.29, 0.717) is 23.6 Å². The molecule has 1 saturated carbocycles. The number of methoxy groups -OCH3 is 1. The summed E-state index contributed by atoms with van der Waals surface area (Å²) >= 11 is 0. The number of hydrogen-bond acceptors (Lipinski definition) is 3. The van der Waals surface area contributed by atoms with Gasteiger partial charge in [-0.1, -0.05) is 27.7 Å². The zero-order chi connectivity index (χ0) is 14.0. The molecule has 4 atom stereocenters. The van der Waals surface area contributed by atoms with E-state index in [9.17, 15) is 0 Å². The molecular formula is C16H32N2O. The number of hydrogen-bond donors (Lipinski definition) is 1. The van der Waals surface area contributed by atoms with Gasteiger partial charge < -0.3 is 10.1 Å². The second-order valence-electron chi connectivity index (χ2n) is 7.41. The smallest absolute Gasteiger partial charge is 0.0586 e. The number of rotatable bonds is 3. The van der Waals surface area contributed by atoms with E-state index in [1.165, 1.54) is 32.2 Å². The minimum absolute atomic E-state index is 0.343. The Kier molecular flexibility index (Phi) is 4.91. The van der Waals surface area contributed by atoms with Crippen molar-refractivity contribution in [3.8, 4) is 0 Å². The van der Waals surface area contributed by atoms with Gasteiger partial charge in [-0.05, 0) is 31.1 Å². The van der Waals surface area contributed by atoms with E-state index in [2.05, 4.69) is 37.9 Å². The molecule has 2 rings (SSSR count). The van der Waals surface area contributed by atoms with E-state index in [1.807, 2.05) is 7.11 Å². The van der Waals surface area contributed by atoms with Crippen LogP contribution >= 0.6 is 0 Å². The lowest BCUT2D eigenvalue weighted by atomic mass is 9.84. The maximum Gasteiger partial charge on any atom is 0.0586 e. The Morgan fingerprint density at radius 1 is 1.26 bits per heavy atom. The highest BCUT2D eigenvalue weighted by atomic mass is 16.5. The SMILES string of the molecule is CCC1CNC(C(C)(C)C)CN1C1CCC(OC)C1. The minimum Gasteiger partial charge on any atom is -0.381 e. The molecule has 0 aromatic rings. The zero-order valence-electron chi connectivity index (χ0n) is 13.4. The van der Waals surface area contributed by atoms with Crippen LogP contribution in [0.3, 0.4) is 0 Å². The average molecular weight is 268 g/mol. The molecule has 1 saturated heterocycles. The molecule has 0 aromatic carbocycles. The van der Waals surface area contributed by atoms with Crippen LogP contribution in [0.25, 0.3) is 0 Å². The molecular weight excluding hydrogens is 236 g/mol. The first kappa shape index (κ1) is 15.3. The van der Waals surface area contributed by atoms with E-state index in [0.717, 1.165) is 12.6 Å². The summed E-state index contributed by atoms with van der Waals surface area (Å²) in [4.78, 5) is 2.78. The van der Waals surface area contributed by atoms with E-state index in [4.69, 9.17) is 4.74 Å². The largest absolute Gasteiger partial charge is 0.381 e. The monoisotopic (exact) mass is 268 g/mol. The Morgan fingerprint density at radius 2 is 2.00 bits per heavy atom. The average Bonchev–Trinajstić information content (AvgIpc) is 2.85. The molecule has 1 heterocycles. The lowest BCUT2D eigenvalue weighted by molar-refractivity contribution is 0.0390. The Labute approximate surface area is 119 Å². The number of piperazine rings is 1. The Hall–Kier alpha value is -0.120. The van der Waals surface area contributed by atoms with Gasteiger partial charge in [-0.2, -0.15) is 0 Å². The van der Waals surface area contributed by atoms with Crippen molar-refractivity contribution < 1.29 is 4.74 Å². The number of nitrogens with one attached hydrogen (secondary N) is 1. The molecule has 19 heavy (non-hydrogen) atoms. The second kappa shape index (κ2) is 6.11. The highest BCUT2D eigenvalue weighted by Gasteiger charge is 2.39. The molecule has 3 heteroatoms. The Balaban J connectivity index is 2.02. The third-order valence-electron chi connectivity index (χ3n) is 5.14. The van der Waals surface area contributed by atoms with Crippen LogP contribution in [0.1, 0.15) is 53.4 Å². The van der Waals surface area contributed by atoms with Gasteiger partial charge in [0.05, 0.1) is 6.10 Å². The molecule has 1 N–H and O–H groups in total. The molecule has 0 radical (unpaired) electrons. The first-order chi connectivity index (χ1) is 8.95. The zero-order valence-corrected chi connectivity index (χ0v) is 13.4. The van der Waals surface area contributed by atoms with Crippen LogP contribution in [0.5, 0.6) is 0 Å². The first-order valence-corrected chi connectivity index (χ1v) is 7.97. The molecule has 0 aromatic heterocycles. The van der Waals surface area contributed by atoms with Gasteiger partial charge in [0.2, 0.25) is 0 Å². The summed E-state index contributed by atoms with van der Waals surface area (Å²) in [5.41, 5.74) is 0.343. The fraction of sp³-hybridized carbons (Fsp3) is 1.00. The van der Waals surface area contributed by atoms with Crippen LogP contribution in [-0.2, 0) is 4.74 Å². The van der Waals surface area contributed by atoms with Gasteiger partial charge in [0, 0.05) is 38.3 Å². The van der Waals surface area contributed by atoms with E-state index in [-0.39, 0.29) is 0 Å². The van der Waals surface area contributed by atoms with Gasteiger partial charge in [-0.25, -0.2) is 0 Å². The van der Waals surface area contributed by atoms with Crippen molar-refractivity contribution in [3.05, 3.63) is 0 Å². The van der Waals surface area contributed by atoms with Crippen LogP contribution in [0, 0.1) is 5.41 Å². The molecule has 2 fully saturated rings. The molecule has 112 valence electrons. The van der Waals surface area contributed by atoms with Crippen molar-refractivity contribution in [1.82, 2.24) is 10.2 Å². The predicted molar refractivity (Wildman–Crippen MR) is 80.5 cm³/mol. The van der Waals surface area contributed by atoms with Gasteiger partial charge in [0.15, 0.2) is 0 Å². The molecule has 0 amide bonds. The van der Waals surface area contributed by atoms with E-state index < -0.39 is 0 Å². The molecule has 4 unspecified atom stereocenters. The topological polar surface area (TPSA) is 24.5 Å². The summed E-state index contributed by atoms with van der Waals surface area (Å²) in [5, 5.41) is 3.77. The van der Waals surface area contributed by atoms with Crippen LogP contribution in [0.15, 0.2) is 0 Å². The molecule has 0 spiro atoms. The highest BCUT2D eigenvalue weighted by molar-refractivity contribution is 4.96. The quantitative estimate of drug-likeness (QED) is 0.851. The Morgan fingerprint density at radius 3 is 2.53 bits per heavy atom. The predicted octanol–water partition coefficient (Wildman–Crippen LogP) is 2.65. The van der Waals surface area contributed by atoms with Gasteiger partial charge in [0.25, 0.3) is 0 Å². The maximum absolute atomic E-state index is 5.55. The van der Waals surface area contributed by atoms with Crippen molar-refractivity contribution in [2.24, 2.45) is 5.41 Å². The third kappa shape index (κ3) is 3.50. The third-order valence-corrected chi connectivity index (χ3v) is 5.14. The van der Waals surface area contributed by atoms with Crippen LogP contribution in [-0.4, -0.2) is 49.3 Å². The summed E-state index contributed by atoms with van der Waals surface area (Å²) in [7, 11) is 1.86. The molecule has 1 aliphatic heterocycles. The standard InChI is InChI=1S/C16H32N2O/c1-6-12-10-17-15(16(2,3)4)11-18(12)13-7-8-14(9-13)19-5/h12-15,17H,6-11H2,1-5H3. The van der Waals surface area contributed by atoms with E-state index >= 15 is 0 Å². The van der Waals surface area contributed by atoms with Gasteiger partial charge >= 0.3 is 0 Å². The fourth-order valence-corrected chi connectivity index (χ4v) is 3.66. The van der Waals surface area contributed by atoms with Crippen molar-refractivity contribution in [3.63, 3.8) is 0 Å². The van der Waals surface area contributed by atoms with Crippen LogP contribution < -0.4 is 5.32 Å². The lowest BCUT2D eigenvalue weighted by Gasteiger charge is -2.47. The normalized spacial score (nSPS) is 37.7. The van der Waals surface area contributed by atoms with Gasteiger partial charge in [-0.3, -0.25) is 4.90 Å². The van der Waals surface area contributed by atoms with Crippen molar-refractivity contribution in [2.75, 3.05) is 20.2 Å². The summed E-state index contributed by atoms with van der Waals surface area (Å²) in [6, 6.07) is 2.05. The number of ether oxygens (including phenoxy) is 1. The summed E-state index contributed by atoms with van der Waals surface area (Å²) in [6.45, 7) is 11.7. The summed E-state index contributed by atoms with van der Waals surface area (Å²) < 4.78 is 5.55. The summed E-state index contributed by atoms with van der Waals surface area (Å²) in [6.07, 6.45) is 5.51. The molecule has 0 bridgehead atoms. The second-order valence-corrected chi connectivity index (χ2v) is 7.41. The van der Waals surface area contributed by atoms with Crippen molar-refractivity contribution in [1.29, 1.82) is 0 Å². The summed E-state index contributed by atoms with van der Waals surface area (Å²) in [5.74, 6) is 0. The lowest BCUT2D eigenvalue weighted by Crippen LogP contribution is -2.62. The fourth-order valence-electron chi connectivity index (χ4n) is 3.66. The minimum atomic E-state index is 0.343. The Bertz CT molecular complexity index is 287. The molecule has 2 aliphatic rings. The van der Waals surface area contributed by atoms with Gasteiger partial charge in [-0.15, -0.1) is 0 Å². The van der Waals surface area contributed by atoms with Gasteiger partial charge in [0.1, 0.15) is 0 Å².